The maximum absolute atomic E-state index is 12.9. The lowest BCUT2D eigenvalue weighted by molar-refractivity contribution is 0.102. The fourth-order valence-electron chi connectivity index (χ4n) is 3.31. The van der Waals surface area contributed by atoms with Crippen LogP contribution in [0, 0.1) is 6.92 Å². The van der Waals surface area contributed by atoms with E-state index in [1.54, 1.807) is 30.3 Å². The number of benzene rings is 3. The number of amides is 1. The Labute approximate surface area is 145 Å². The average Bonchev–Trinajstić information content (AvgIpc) is 2.91. The molecule has 4 rings (SSSR count). The smallest absolute Gasteiger partial charge is 0.256 e. The molecule has 0 heterocycles. The van der Waals surface area contributed by atoms with Gasteiger partial charge in [-0.25, -0.2) is 0 Å². The fraction of sp³-hybridized carbons (Fsp3) is 0.0476. The van der Waals surface area contributed by atoms with Gasteiger partial charge in [0.05, 0.1) is 11.4 Å². The maximum Gasteiger partial charge on any atom is 0.256 e. The molecule has 3 aromatic carbocycles. The molecule has 0 bridgehead atoms. The van der Waals surface area contributed by atoms with E-state index in [0.29, 0.717) is 33.6 Å². The van der Waals surface area contributed by atoms with Crippen LogP contribution in [0.15, 0.2) is 60.7 Å². The van der Waals surface area contributed by atoms with Crippen molar-refractivity contribution >= 4 is 23.1 Å². The number of rotatable bonds is 2. The summed E-state index contributed by atoms with van der Waals surface area (Å²) in [6.07, 6.45) is 0. The lowest BCUT2D eigenvalue weighted by Crippen LogP contribution is -2.15. The second-order valence-electron chi connectivity index (χ2n) is 6.10. The Balaban J connectivity index is 1.82. The van der Waals surface area contributed by atoms with Crippen molar-refractivity contribution < 1.29 is 9.59 Å². The molecule has 0 saturated carbocycles. The summed E-state index contributed by atoms with van der Waals surface area (Å²) in [6.45, 7) is 1.89. The van der Waals surface area contributed by atoms with Crippen LogP contribution < -0.4 is 11.1 Å². The second-order valence-corrected chi connectivity index (χ2v) is 6.10. The van der Waals surface area contributed by atoms with Gasteiger partial charge in [-0.2, -0.15) is 0 Å². The van der Waals surface area contributed by atoms with Crippen LogP contribution in [0.3, 0.4) is 0 Å². The highest BCUT2D eigenvalue weighted by Gasteiger charge is 2.30. The van der Waals surface area contributed by atoms with Gasteiger partial charge in [0.2, 0.25) is 0 Å². The van der Waals surface area contributed by atoms with Crippen LogP contribution in [0.25, 0.3) is 11.1 Å². The number of hydrogen-bond acceptors (Lipinski definition) is 3. The van der Waals surface area contributed by atoms with Gasteiger partial charge in [0.25, 0.3) is 5.91 Å². The van der Waals surface area contributed by atoms with Crippen LogP contribution in [0.5, 0.6) is 0 Å². The molecule has 25 heavy (non-hydrogen) atoms. The molecule has 0 aliphatic heterocycles. The highest BCUT2D eigenvalue weighted by molar-refractivity contribution is 6.25. The molecule has 0 aromatic heterocycles. The molecule has 0 spiro atoms. The van der Waals surface area contributed by atoms with Crippen molar-refractivity contribution in [2.75, 3.05) is 11.1 Å². The number of fused-ring (bicyclic) bond motifs is 3. The Morgan fingerprint density at radius 1 is 0.880 bits per heavy atom. The quantitative estimate of drug-likeness (QED) is 0.545. The largest absolute Gasteiger partial charge is 0.397 e. The van der Waals surface area contributed by atoms with Crippen molar-refractivity contribution in [1.29, 1.82) is 0 Å². The Bertz CT molecular complexity index is 1020. The zero-order valence-electron chi connectivity index (χ0n) is 13.7. The van der Waals surface area contributed by atoms with Gasteiger partial charge in [-0.15, -0.1) is 0 Å². The molecule has 1 amide bonds. The Kier molecular flexibility index (Phi) is 3.39. The summed E-state index contributed by atoms with van der Waals surface area (Å²) < 4.78 is 0. The van der Waals surface area contributed by atoms with Crippen LogP contribution in [0.2, 0.25) is 0 Å². The van der Waals surface area contributed by atoms with Crippen molar-refractivity contribution in [2.24, 2.45) is 0 Å². The highest BCUT2D eigenvalue weighted by atomic mass is 16.1. The lowest BCUT2D eigenvalue weighted by Gasteiger charge is -2.13. The molecule has 1 aliphatic carbocycles. The first-order valence-corrected chi connectivity index (χ1v) is 8.01. The third-order valence-corrected chi connectivity index (χ3v) is 4.54. The van der Waals surface area contributed by atoms with Crippen LogP contribution in [-0.4, -0.2) is 11.7 Å². The van der Waals surface area contributed by atoms with Crippen molar-refractivity contribution in [3.05, 3.63) is 82.9 Å². The van der Waals surface area contributed by atoms with Crippen molar-refractivity contribution in [1.82, 2.24) is 0 Å². The summed E-state index contributed by atoms with van der Waals surface area (Å²) >= 11 is 0. The number of carbonyl (C=O) groups excluding carboxylic acids is 2. The summed E-state index contributed by atoms with van der Waals surface area (Å²) in [5.74, 6) is -0.321. The topological polar surface area (TPSA) is 72.2 Å². The van der Waals surface area contributed by atoms with Crippen molar-refractivity contribution in [3.8, 4) is 11.1 Å². The van der Waals surface area contributed by atoms with Crippen LogP contribution >= 0.6 is 0 Å². The van der Waals surface area contributed by atoms with E-state index in [0.717, 1.165) is 11.1 Å². The average molecular weight is 328 g/mol. The zero-order chi connectivity index (χ0) is 17.6. The third-order valence-electron chi connectivity index (χ3n) is 4.54. The standard InChI is InChI=1S/C21H16N2O2/c1-12-6-4-11-17(22)19(12)23-21(25)16-10-5-9-15-18(16)13-7-2-3-8-14(13)20(15)24/h2-11H,22H2,1H3,(H,23,25). The summed E-state index contributed by atoms with van der Waals surface area (Å²) in [6, 6.07) is 18.1. The molecule has 4 nitrogen and oxygen atoms in total. The van der Waals surface area contributed by atoms with Crippen molar-refractivity contribution in [2.45, 2.75) is 6.92 Å². The molecule has 0 fully saturated rings. The van der Waals surface area contributed by atoms with Gasteiger partial charge >= 0.3 is 0 Å². The van der Waals surface area contributed by atoms with Crippen LogP contribution in [0.1, 0.15) is 31.8 Å². The van der Waals surface area contributed by atoms with Gasteiger partial charge in [-0.05, 0) is 30.2 Å². The van der Waals surface area contributed by atoms with Crippen LogP contribution in [0.4, 0.5) is 11.4 Å². The maximum atomic E-state index is 12.9. The molecule has 1 aliphatic rings. The predicted octanol–water partition coefficient (Wildman–Crippen LogP) is 4.04. The van der Waals surface area contributed by atoms with E-state index in [4.69, 9.17) is 5.73 Å². The van der Waals surface area contributed by atoms with E-state index in [1.807, 2.05) is 37.3 Å². The molecule has 3 N–H and O–H groups in total. The van der Waals surface area contributed by atoms with E-state index in [2.05, 4.69) is 5.32 Å². The molecular weight excluding hydrogens is 312 g/mol. The van der Waals surface area contributed by atoms with Gasteiger partial charge in [-0.3, -0.25) is 9.59 Å². The number of carbonyl (C=O) groups is 2. The molecular formula is C21H16N2O2. The van der Waals surface area contributed by atoms with Crippen LogP contribution in [-0.2, 0) is 0 Å². The first-order valence-electron chi connectivity index (χ1n) is 8.01. The number of nitrogen functional groups attached to an aromatic ring is 1. The molecule has 122 valence electrons. The number of nitrogens with two attached hydrogens (primary N) is 1. The lowest BCUT2D eigenvalue weighted by atomic mass is 9.98. The molecule has 0 radical (unpaired) electrons. The zero-order valence-corrected chi connectivity index (χ0v) is 13.7. The highest BCUT2D eigenvalue weighted by Crippen LogP contribution is 2.39. The molecule has 0 saturated heterocycles. The number of ketones is 1. The van der Waals surface area contributed by atoms with Gasteiger partial charge < -0.3 is 11.1 Å². The predicted molar refractivity (Wildman–Crippen MR) is 98.9 cm³/mol. The van der Waals surface area contributed by atoms with E-state index in [1.165, 1.54) is 0 Å². The first kappa shape index (κ1) is 15.1. The number of anilines is 2. The fourth-order valence-corrected chi connectivity index (χ4v) is 3.31. The minimum absolute atomic E-state index is 0.0457. The normalized spacial score (nSPS) is 11.8. The summed E-state index contributed by atoms with van der Waals surface area (Å²) in [5, 5.41) is 2.89. The Morgan fingerprint density at radius 2 is 1.56 bits per heavy atom. The SMILES string of the molecule is Cc1cccc(N)c1NC(=O)c1cccc2c1-c1ccccc1C2=O. The molecule has 4 heteroatoms. The number of aryl methyl sites for hydroxylation is 1. The summed E-state index contributed by atoms with van der Waals surface area (Å²) in [5.41, 5.74) is 11.1. The number of hydrogen-bond donors (Lipinski definition) is 2. The van der Waals surface area contributed by atoms with Gasteiger partial charge in [-0.1, -0.05) is 48.5 Å². The Morgan fingerprint density at radius 3 is 2.32 bits per heavy atom. The minimum atomic E-state index is -0.276. The monoisotopic (exact) mass is 328 g/mol. The second kappa shape index (κ2) is 5.60. The first-order chi connectivity index (χ1) is 12.1. The van der Waals surface area contributed by atoms with E-state index in [-0.39, 0.29) is 11.7 Å². The summed E-state index contributed by atoms with van der Waals surface area (Å²) in [4.78, 5) is 25.5. The van der Waals surface area contributed by atoms with Gasteiger partial charge in [0.15, 0.2) is 5.78 Å². The van der Waals surface area contributed by atoms with Crippen molar-refractivity contribution in [3.63, 3.8) is 0 Å². The Hall–Kier alpha value is -3.40. The third kappa shape index (κ3) is 2.31. The summed E-state index contributed by atoms with van der Waals surface area (Å²) in [7, 11) is 0. The van der Waals surface area contributed by atoms with Gasteiger partial charge in [0, 0.05) is 22.3 Å². The minimum Gasteiger partial charge on any atom is -0.397 e. The van der Waals surface area contributed by atoms with E-state index >= 15 is 0 Å². The van der Waals surface area contributed by atoms with Gasteiger partial charge in [0.1, 0.15) is 0 Å². The molecule has 0 unspecified atom stereocenters. The van der Waals surface area contributed by atoms with E-state index < -0.39 is 0 Å². The molecule has 3 aromatic rings. The number of nitrogens with one attached hydrogen (secondary N) is 1. The molecule has 0 atom stereocenters. The number of para-hydroxylation sites is 1. The van der Waals surface area contributed by atoms with E-state index in [9.17, 15) is 9.59 Å².